The first-order valence-corrected chi connectivity index (χ1v) is 9.21. The Morgan fingerprint density at radius 2 is 1.93 bits per heavy atom. The fraction of sp³-hybridized carbons (Fsp3) is 0.500. The third kappa shape index (κ3) is 4.87. The zero-order valence-electron chi connectivity index (χ0n) is 15.8. The van der Waals surface area contributed by atoms with Gasteiger partial charge in [-0.05, 0) is 45.0 Å². The molecule has 27 heavy (non-hydrogen) atoms. The van der Waals surface area contributed by atoms with Crippen LogP contribution in [0.25, 0.3) is 10.9 Å². The number of rotatable bonds is 6. The highest BCUT2D eigenvalue weighted by atomic mass is 16.7. The van der Waals surface area contributed by atoms with Crippen molar-refractivity contribution in [3.8, 4) is 0 Å². The molecule has 1 aliphatic heterocycles. The first kappa shape index (κ1) is 19.4. The highest BCUT2D eigenvalue weighted by Crippen LogP contribution is 2.22. The molecule has 1 fully saturated rings. The first-order valence-electron chi connectivity index (χ1n) is 9.21. The predicted molar refractivity (Wildman–Crippen MR) is 101 cm³/mol. The molecule has 7 nitrogen and oxygen atoms in total. The van der Waals surface area contributed by atoms with Crippen LogP contribution in [0.3, 0.4) is 0 Å². The van der Waals surface area contributed by atoms with Crippen LogP contribution in [-0.2, 0) is 25.4 Å². The summed E-state index contributed by atoms with van der Waals surface area (Å²) in [6.07, 6.45) is 3.36. The first-order chi connectivity index (χ1) is 13.1. The second-order valence-corrected chi connectivity index (χ2v) is 6.97. The van der Waals surface area contributed by atoms with Crippen molar-refractivity contribution in [2.45, 2.75) is 19.3 Å². The monoisotopic (exact) mass is 374 g/mol. The second-order valence-electron chi connectivity index (χ2n) is 6.97. The number of esters is 1. The van der Waals surface area contributed by atoms with Crippen LogP contribution in [0.15, 0.2) is 30.5 Å². The SMILES string of the molecule is CN(C)CCc1cn(C(=O)OCOC(=O)C2CCOCC2)c2ccccc12. The number of aromatic nitrogens is 1. The number of fused-ring (bicyclic) bond motifs is 1. The van der Waals surface area contributed by atoms with Gasteiger partial charge in [0.05, 0.1) is 11.4 Å². The molecule has 0 unspecified atom stereocenters. The number of para-hydroxylation sites is 1. The molecule has 0 N–H and O–H groups in total. The third-order valence-corrected chi connectivity index (χ3v) is 4.76. The summed E-state index contributed by atoms with van der Waals surface area (Å²) in [5, 5.41) is 1.02. The van der Waals surface area contributed by atoms with Crippen LogP contribution >= 0.6 is 0 Å². The molecule has 1 aromatic heterocycles. The second kappa shape index (κ2) is 9.01. The summed E-state index contributed by atoms with van der Waals surface area (Å²) in [5.74, 6) is -0.516. The molecule has 2 aromatic rings. The number of hydrogen-bond donors (Lipinski definition) is 0. The van der Waals surface area contributed by atoms with Gasteiger partial charge in [-0.2, -0.15) is 0 Å². The van der Waals surface area contributed by atoms with E-state index in [1.165, 1.54) is 4.57 Å². The Labute approximate surface area is 158 Å². The lowest BCUT2D eigenvalue weighted by atomic mass is 10.0. The number of hydrogen-bond acceptors (Lipinski definition) is 6. The summed E-state index contributed by atoms with van der Waals surface area (Å²) < 4.78 is 17.0. The number of nitrogens with zero attached hydrogens (tertiary/aromatic N) is 2. The van der Waals surface area contributed by atoms with E-state index in [-0.39, 0.29) is 18.7 Å². The molecule has 1 saturated heterocycles. The van der Waals surface area contributed by atoms with Crippen LogP contribution in [0.5, 0.6) is 0 Å². The van der Waals surface area contributed by atoms with Gasteiger partial charge in [-0.1, -0.05) is 18.2 Å². The van der Waals surface area contributed by atoms with Crippen molar-refractivity contribution in [3.05, 3.63) is 36.0 Å². The molecule has 0 atom stereocenters. The summed E-state index contributed by atoms with van der Waals surface area (Å²) in [5.41, 5.74) is 1.86. The third-order valence-electron chi connectivity index (χ3n) is 4.76. The Morgan fingerprint density at radius 1 is 1.19 bits per heavy atom. The molecule has 1 aliphatic rings. The van der Waals surface area contributed by atoms with Gasteiger partial charge in [-0.25, -0.2) is 4.79 Å². The predicted octanol–water partition coefficient (Wildman–Crippen LogP) is 2.66. The molecule has 3 rings (SSSR count). The topological polar surface area (TPSA) is 70.0 Å². The lowest BCUT2D eigenvalue weighted by Gasteiger charge is -2.20. The largest absolute Gasteiger partial charge is 0.428 e. The van der Waals surface area contributed by atoms with Crippen molar-refractivity contribution in [1.82, 2.24) is 9.47 Å². The zero-order valence-corrected chi connectivity index (χ0v) is 15.8. The number of carbonyl (C=O) groups excluding carboxylic acids is 2. The van der Waals surface area contributed by atoms with Gasteiger partial charge in [0.1, 0.15) is 0 Å². The summed E-state index contributed by atoms with van der Waals surface area (Å²) in [7, 11) is 4.03. The van der Waals surface area contributed by atoms with Gasteiger partial charge in [-0.3, -0.25) is 9.36 Å². The average Bonchev–Trinajstić information content (AvgIpc) is 3.06. The van der Waals surface area contributed by atoms with Gasteiger partial charge in [0.15, 0.2) is 0 Å². The van der Waals surface area contributed by atoms with E-state index < -0.39 is 6.09 Å². The molecular weight excluding hydrogens is 348 g/mol. The Balaban J connectivity index is 1.62. The summed E-state index contributed by atoms with van der Waals surface area (Å²) in [6.45, 7) is 1.62. The van der Waals surface area contributed by atoms with E-state index in [2.05, 4.69) is 4.90 Å². The Hall–Kier alpha value is -2.38. The van der Waals surface area contributed by atoms with Crippen LogP contribution in [0.2, 0.25) is 0 Å². The molecule has 0 spiro atoms. The van der Waals surface area contributed by atoms with Crippen molar-refractivity contribution >= 4 is 23.0 Å². The fourth-order valence-corrected chi connectivity index (χ4v) is 3.20. The van der Waals surface area contributed by atoms with Crippen molar-refractivity contribution in [2.75, 3.05) is 40.6 Å². The van der Waals surface area contributed by atoms with E-state index in [0.717, 1.165) is 29.4 Å². The van der Waals surface area contributed by atoms with E-state index in [4.69, 9.17) is 14.2 Å². The lowest BCUT2D eigenvalue weighted by molar-refractivity contribution is -0.159. The minimum atomic E-state index is -0.554. The number of ether oxygens (including phenoxy) is 3. The van der Waals surface area contributed by atoms with Crippen LogP contribution in [0, 0.1) is 5.92 Å². The van der Waals surface area contributed by atoms with Crippen molar-refractivity contribution in [1.29, 1.82) is 0 Å². The van der Waals surface area contributed by atoms with Crippen LogP contribution < -0.4 is 0 Å². The van der Waals surface area contributed by atoms with Crippen molar-refractivity contribution < 1.29 is 23.8 Å². The zero-order chi connectivity index (χ0) is 19.2. The minimum Gasteiger partial charge on any atom is -0.428 e. The highest BCUT2D eigenvalue weighted by molar-refractivity contribution is 5.92. The minimum absolute atomic E-state index is 0.178. The van der Waals surface area contributed by atoms with Crippen LogP contribution in [-0.4, -0.2) is 62.2 Å². The molecule has 0 bridgehead atoms. The molecular formula is C20H26N2O5. The van der Waals surface area contributed by atoms with Crippen LogP contribution in [0.1, 0.15) is 18.4 Å². The molecule has 0 radical (unpaired) electrons. The van der Waals surface area contributed by atoms with Gasteiger partial charge in [0.2, 0.25) is 6.79 Å². The van der Waals surface area contributed by atoms with Gasteiger partial charge in [-0.15, -0.1) is 0 Å². The summed E-state index contributed by atoms with van der Waals surface area (Å²) in [6, 6.07) is 7.71. The standard InChI is InChI=1S/C20H26N2O5/c1-21(2)10-7-16-13-22(18-6-4-3-5-17(16)18)20(24)27-14-26-19(23)15-8-11-25-12-9-15/h3-6,13,15H,7-12,14H2,1-2H3. The maximum atomic E-state index is 12.5. The van der Waals surface area contributed by atoms with E-state index >= 15 is 0 Å². The number of benzene rings is 1. The van der Waals surface area contributed by atoms with Gasteiger partial charge < -0.3 is 19.1 Å². The maximum absolute atomic E-state index is 12.5. The molecule has 0 aliphatic carbocycles. The molecule has 7 heteroatoms. The normalized spacial score (nSPS) is 15.2. The van der Waals surface area contributed by atoms with E-state index in [1.807, 2.05) is 38.4 Å². The van der Waals surface area contributed by atoms with Gasteiger partial charge in [0, 0.05) is 31.3 Å². The van der Waals surface area contributed by atoms with Gasteiger partial charge in [0.25, 0.3) is 0 Å². The number of likely N-dealkylation sites (N-methyl/N-ethyl adjacent to an activating group) is 1. The summed E-state index contributed by atoms with van der Waals surface area (Å²) >= 11 is 0. The Morgan fingerprint density at radius 3 is 2.67 bits per heavy atom. The lowest BCUT2D eigenvalue weighted by Crippen LogP contribution is -2.26. The van der Waals surface area contributed by atoms with Crippen molar-refractivity contribution in [3.63, 3.8) is 0 Å². The van der Waals surface area contributed by atoms with E-state index in [0.29, 0.717) is 26.1 Å². The fourth-order valence-electron chi connectivity index (χ4n) is 3.20. The number of carbonyl (C=O) groups is 2. The van der Waals surface area contributed by atoms with Crippen LogP contribution in [0.4, 0.5) is 4.79 Å². The van der Waals surface area contributed by atoms with Crippen molar-refractivity contribution in [2.24, 2.45) is 5.92 Å². The Bertz CT molecular complexity index is 793. The Kier molecular flexibility index (Phi) is 6.47. The molecule has 1 aromatic carbocycles. The molecule has 146 valence electrons. The van der Waals surface area contributed by atoms with Gasteiger partial charge >= 0.3 is 12.1 Å². The quantitative estimate of drug-likeness (QED) is 0.572. The molecule has 0 saturated carbocycles. The average molecular weight is 374 g/mol. The van der Waals surface area contributed by atoms with E-state index in [1.54, 1.807) is 6.20 Å². The molecule has 2 heterocycles. The maximum Gasteiger partial charge on any atom is 0.421 e. The smallest absolute Gasteiger partial charge is 0.421 e. The summed E-state index contributed by atoms with van der Waals surface area (Å²) in [4.78, 5) is 26.6. The molecule has 0 amide bonds. The highest BCUT2D eigenvalue weighted by Gasteiger charge is 2.23. The van der Waals surface area contributed by atoms with E-state index in [9.17, 15) is 9.59 Å².